The fourth-order valence-corrected chi connectivity index (χ4v) is 2.72. The van der Waals surface area contributed by atoms with E-state index in [0.29, 0.717) is 0 Å². The van der Waals surface area contributed by atoms with Gasteiger partial charge in [-0.2, -0.15) is 0 Å². The van der Waals surface area contributed by atoms with E-state index >= 15 is 0 Å². The Morgan fingerprint density at radius 1 is 1.39 bits per heavy atom. The Morgan fingerprint density at radius 3 is 2.72 bits per heavy atom. The van der Waals surface area contributed by atoms with Crippen LogP contribution in [0.4, 0.5) is 0 Å². The molecule has 2 rings (SSSR count). The van der Waals surface area contributed by atoms with Crippen LogP contribution in [0.25, 0.3) is 0 Å². The van der Waals surface area contributed by atoms with Gasteiger partial charge in [-0.05, 0) is 66.5 Å². The van der Waals surface area contributed by atoms with Crippen LogP contribution in [0.15, 0.2) is 22.7 Å². The number of likely N-dealkylation sites (tertiary alicyclic amines) is 1. The molecule has 1 aliphatic heterocycles. The van der Waals surface area contributed by atoms with Crippen LogP contribution >= 0.6 is 15.9 Å². The molecule has 3 nitrogen and oxygen atoms in total. The molecule has 0 bridgehead atoms. The predicted octanol–water partition coefficient (Wildman–Crippen LogP) is 2.94. The zero-order valence-corrected chi connectivity index (χ0v) is 12.4. The molecule has 1 atom stereocenters. The number of benzene rings is 1. The molecule has 1 saturated heterocycles. The van der Waals surface area contributed by atoms with E-state index in [4.69, 9.17) is 10.5 Å². The third-order valence-corrected chi connectivity index (χ3v) is 3.97. The van der Waals surface area contributed by atoms with Gasteiger partial charge >= 0.3 is 0 Å². The number of ether oxygens (including phenoxy) is 1. The van der Waals surface area contributed by atoms with Crippen molar-refractivity contribution in [2.45, 2.75) is 25.8 Å². The molecule has 2 N–H and O–H groups in total. The van der Waals surface area contributed by atoms with Gasteiger partial charge in [-0.25, -0.2) is 0 Å². The third-order valence-electron chi connectivity index (χ3n) is 3.35. The molecule has 1 aromatic carbocycles. The van der Waals surface area contributed by atoms with Crippen molar-refractivity contribution in [2.24, 2.45) is 5.73 Å². The second-order valence-corrected chi connectivity index (χ2v) is 5.73. The van der Waals surface area contributed by atoms with E-state index in [2.05, 4.69) is 20.8 Å². The lowest BCUT2D eigenvalue weighted by Gasteiger charge is -2.16. The normalized spacial score (nSPS) is 17.9. The summed E-state index contributed by atoms with van der Waals surface area (Å²) in [7, 11) is 0. The van der Waals surface area contributed by atoms with Crippen molar-refractivity contribution in [3.8, 4) is 5.75 Å². The van der Waals surface area contributed by atoms with Crippen molar-refractivity contribution in [1.29, 1.82) is 0 Å². The van der Waals surface area contributed by atoms with Crippen molar-refractivity contribution < 1.29 is 4.74 Å². The van der Waals surface area contributed by atoms with E-state index in [1.165, 1.54) is 25.9 Å². The summed E-state index contributed by atoms with van der Waals surface area (Å²) in [5.41, 5.74) is 6.97. The van der Waals surface area contributed by atoms with Crippen LogP contribution < -0.4 is 10.5 Å². The largest absolute Gasteiger partial charge is 0.491 e. The van der Waals surface area contributed by atoms with Crippen molar-refractivity contribution >= 4 is 15.9 Å². The van der Waals surface area contributed by atoms with Gasteiger partial charge in [-0.15, -0.1) is 0 Å². The Hall–Kier alpha value is -0.580. The Bertz CT molecular complexity index is 389. The molecule has 4 heteroatoms. The third kappa shape index (κ3) is 3.70. The summed E-state index contributed by atoms with van der Waals surface area (Å²) in [6, 6.07) is 6.11. The minimum absolute atomic E-state index is 0.0555. The van der Waals surface area contributed by atoms with E-state index in [1.807, 2.05) is 25.1 Å². The van der Waals surface area contributed by atoms with Gasteiger partial charge in [0.1, 0.15) is 12.4 Å². The van der Waals surface area contributed by atoms with Gasteiger partial charge in [0.2, 0.25) is 0 Å². The maximum atomic E-state index is 5.85. The first-order valence-corrected chi connectivity index (χ1v) is 7.36. The average Bonchev–Trinajstić information content (AvgIpc) is 2.84. The van der Waals surface area contributed by atoms with E-state index in [-0.39, 0.29) is 6.04 Å². The first-order valence-electron chi connectivity index (χ1n) is 6.57. The molecule has 1 heterocycles. The predicted molar refractivity (Wildman–Crippen MR) is 77.9 cm³/mol. The number of hydrogen-bond acceptors (Lipinski definition) is 3. The van der Waals surface area contributed by atoms with Crippen LogP contribution in [0.1, 0.15) is 31.4 Å². The average molecular weight is 313 g/mol. The van der Waals surface area contributed by atoms with Gasteiger partial charge in [-0.3, -0.25) is 4.90 Å². The number of rotatable bonds is 5. The number of hydrogen-bond donors (Lipinski definition) is 1. The van der Waals surface area contributed by atoms with Crippen LogP contribution in [0, 0.1) is 0 Å². The van der Waals surface area contributed by atoms with Crippen LogP contribution in [-0.2, 0) is 0 Å². The smallest absolute Gasteiger partial charge is 0.133 e. The van der Waals surface area contributed by atoms with Gasteiger partial charge in [-0.1, -0.05) is 6.07 Å². The van der Waals surface area contributed by atoms with Gasteiger partial charge < -0.3 is 10.5 Å². The monoisotopic (exact) mass is 312 g/mol. The highest BCUT2D eigenvalue weighted by atomic mass is 79.9. The number of halogens is 1. The first-order chi connectivity index (χ1) is 8.66. The Morgan fingerprint density at radius 2 is 2.11 bits per heavy atom. The van der Waals surface area contributed by atoms with Crippen molar-refractivity contribution in [2.75, 3.05) is 26.2 Å². The van der Waals surface area contributed by atoms with Crippen molar-refractivity contribution in [3.05, 3.63) is 28.2 Å². The highest BCUT2D eigenvalue weighted by molar-refractivity contribution is 9.10. The van der Waals surface area contributed by atoms with Crippen LogP contribution in [0.2, 0.25) is 0 Å². The number of nitrogens with two attached hydrogens (primary N) is 1. The molecule has 100 valence electrons. The van der Waals surface area contributed by atoms with Gasteiger partial charge in [0.25, 0.3) is 0 Å². The molecule has 0 radical (unpaired) electrons. The van der Waals surface area contributed by atoms with Crippen molar-refractivity contribution in [1.82, 2.24) is 4.90 Å². The standard InChI is InChI=1S/C14H21BrN2O/c1-11(16)12-4-5-14(13(15)10-12)18-9-8-17-6-2-3-7-17/h4-5,10-11H,2-3,6-9,16H2,1H3. The summed E-state index contributed by atoms with van der Waals surface area (Å²) in [5.74, 6) is 0.901. The van der Waals surface area contributed by atoms with Crippen molar-refractivity contribution in [3.63, 3.8) is 0 Å². The topological polar surface area (TPSA) is 38.5 Å². The molecule has 0 spiro atoms. The number of nitrogens with zero attached hydrogens (tertiary/aromatic N) is 1. The fraction of sp³-hybridized carbons (Fsp3) is 0.571. The highest BCUT2D eigenvalue weighted by Gasteiger charge is 2.11. The van der Waals surface area contributed by atoms with Crippen LogP contribution in [0.3, 0.4) is 0 Å². The molecular weight excluding hydrogens is 292 g/mol. The van der Waals surface area contributed by atoms with E-state index in [0.717, 1.165) is 28.9 Å². The molecule has 1 aromatic rings. The molecular formula is C14H21BrN2O. The van der Waals surface area contributed by atoms with Gasteiger partial charge in [0.05, 0.1) is 4.47 Å². The minimum atomic E-state index is 0.0555. The Labute approximate surface area is 117 Å². The lowest BCUT2D eigenvalue weighted by molar-refractivity contribution is 0.237. The van der Waals surface area contributed by atoms with Crippen LogP contribution in [-0.4, -0.2) is 31.1 Å². The lowest BCUT2D eigenvalue weighted by Crippen LogP contribution is -2.25. The zero-order chi connectivity index (χ0) is 13.0. The summed E-state index contributed by atoms with van der Waals surface area (Å²) in [6.45, 7) is 6.18. The van der Waals surface area contributed by atoms with Crippen LogP contribution in [0.5, 0.6) is 5.75 Å². The molecule has 1 fully saturated rings. The molecule has 0 saturated carbocycles. The maximum absolute atomic E-state index is 5.85. The summed E-state index contributed by atoms with van der Waals surface area (Å²) >= 11 is 3.53. The van der Waals surface area contributed by atoms with E-state index < -0.39 is 0 Å². The SMILES string of the molecule is CC(N)c1ccc(OCCN2CCCC2)c(Br)c1. The molecule has 0 aliphatic carbocycles. The molecule has 1 aliphatic rings. The minimum Gasteiger partial charge on any atom is -0.491 e. The van der Waals surface area contributed by atoms with Gasteiger partial charge in [0, 0.05) is 12.6 Å². The molecule has 0 aromatic heterocycles. The van der Waals surface area contributed by atoms with E-state index in [1.54, 1.807) is 0 Å². The van der Waals surface area contributed by atoms with Gasteiger partial charge in [0.15, 0.2) is 0 Å². The van der Waals surface area contributed by atoms with E-state index in [9.17, 15) is 0 Å². The summed E-state index contributed by atoms with van der Waals surface area (Å²) in [5, 5.41) is 0. The summed E-state index contributed by atoms with van der Waals surface area (Å²) in [6.07, 6.45) is 2.65. The fourth-order valence-electron chi connectivity index (χ4n) is 2.21. The maximum Gasteiger partial charge on any atom is 0.133 e. The quantitative estimate of drug-likeness (QED) is 0.908. The molecule has 0 amide bonds. The second-order valence-electron chi connectivity index (χ2n) is 4.88. The first kappa shape index (κ1) is 13.8. The highest BCUT2D eigenvalue weighted by Crippen LogP contribution is 2.27. The molecule has 1 unspecified atom stereocenters. The Balaban J connectivity index is 1.85. The lowest BCUT2D eigenvalue weighted by atomic mass is 10.1. The molecule has 18 heavy (non-hydrogen) atoms. The summed E-state index contributed by atoms with van der Waals surface area (Å²) in [4.78, 5) is 2.45. The zero-order valence-electron chi connectivity index (χ0n) is 10.9. The second kappa shape index (κ2) is 6.55. The summed E-state index contributed by atoms with van der Waals surface area (Å²) < 4.78 is 6.79. The Kier molecular flexibility index (Phi) is 5.03.